The molecule has 3 heteroatoms. The Kier molecular flexibility index (Phi) is 17.6. The molecule has 0 spiro atoms. The minimum absolute atomic E-state index is 0. The Labute approximate surface area is 463 Å². The smallest absolute Gasteiger partial charge is 0.109 e. The molecule has 7 aromatic carbocycles. The molecule has 0 saturated heterocycles. The quantitative estimate of drug-likeness (QED) is 0.146. The van der Waals surface area contributed by atoms with E-state index < -0.39 is 0 Å². The van der Waals surface area contributed by atoms with Crippen LogP contribution in [0.3, 0.4) is 0 Å². The van der Waals surface area contributed by atoms with Gasteiger partial charge in [-0.1, -0.05) is 202 Å². The van der Waals surface area contributed by atoms with Crippen molar-refractivity contribution in [1.82, 2.24) is 0 Å². The second-order valence-electron chi connectivity index (χ2n) is 25.6. The molecule has 0 aromatic heterocycles. The van der Waals surface area contributed by atoms with Gasteiger partial charge in [-0.25, -0.2) is 12.2 Å². The minimum Gasteiger partial charge on any atom is -1.00 e. The van der Waals surface area contributed by atoms with Crippen LogP contribution in [0.1, 0.15) is 198 Å². The Morgan fingerprint density at radius 2 is 0.875 bits per heavy atom. The van der Waals surface area contributed by atoms with Gasteiger partial charge in [0.2, 0.25) is 0 Å². The summed E-state index contributed by atoms with van der Waals surface area (Å²) in [6.45, 7) is 37.7. The molecule has 2 unspecified atom stereocenters. The predicted octanol–water partition coefficient (Wildman–Crippen LogP) is 13.3. The first-order chi connectivity index (χ1) is 32.9. The van der Waals surface area contributed by atoms with E-state index in [2.05, 4.69) is 238 Å². The van der Waals surface area contributed by atoms with Crippen LogP contribution in [-0.2, 0) is 45.9 Å². The third kappa shape index (κ3) is 11.6. The summed E-state index contributed by atoms with van der Waals surface area (Å²) >= 11 is 1.65. The van der Waals surface area contributed by atoms with Crippen LogP contribution in [-0.4, -0.2) is 3.21 Å². The van der Waals surface area contributed by atoms with E-state index in [1.807, 2.05) is 12.2 Å². The maximum atomic E-state index is 2.99. The zero-order valence-corrected chi connectivity index (χ0v) is 50.4. The molecule has 3 aliphatic carbocycles. The summed E-state index contributed by atoms with van der Waals surface area (Å²) in [7, 11) is 0. The number of hydrogen-bond donors (Lipinski definition) is 0. The molecule has 0 heterocycles. The Hall–Kier alpha value is -4.00. The van der Waals surface area contributed by atoms with E-state index in [0.29, 0.717) is 0 Å². The molecular formula is C69H80Cl2Zr-2. The first-order valence-corrected chi connectivity index (χ1v) is 27.5. The molecule has 376 valence electrons. The van der Waals surface area contributed by atoms with Crippen LogP contribution in [0.4, 0.5) is 0 Å². The van der Waals surface area contributed by atoms with Crippen molar-refractivity contribution in [2.45, 2.75) is 164 Å². The molecule has 0 bridgehead atoms. The molecule has 0 radical (unpaired) electrons. The number of hydrogen-bond acceptors (Lipinski definition) is 0. The largest absolute Gasteiger partial charge is 1.00 e. The van der Waals surface area contributed by atoms with Crippen molar-refractivity contribution in [1.29, 1.82) is 0 Å². The number of allylic oxidation sites excluding steroid dienone is 4. The van der Waals surface area contributed by atoms with Crippen LogP contribution in [0.2, 0.25) is 0 Å². The van der Waals surface area contributed by atoms with Crippen molar-refractivity contribution >= 4 is 24.8 Å². The van der Waals surface area contributed by atoms with Gasteiger partial charge in [-0.05, 0) is 77.3 Å². The molecule has 0 N–H and O–H groups in total. The third-order valence-electron chi connectivity index (χ3n) is 14.7. The Morgan fingerprint density at radius 3 is 1.19 bits per heavy atom. The SMILES string of the molecule is CC(C)(C)c1cc2c(cc1C1c3ccccc3-c3c1cccc3C(C)(C)C)[cH-]c1cc(C3c4ccccc4-c4c3cccc4C(C)(C)C)c(C(C)(C)C)cc12.CC(C)C[C](=[Zr+2])CC(C)C.[C-]1=CC=CC1.[Cl-].[Cl-]. The molecule has 10 rings (SSSR count). The van der Waals surface area contributed by atoms with E-state index in [-0.39, 0.29) is 58.3 Å². The zero-order valence-electron chi connectivity index (χ0n) is 46.4. The van der Waals surface area contributed by atoms with Gasteiger partial charge in [-0.3, -0.25) is 6.08 Å². The number of fused-ring (bicyclic) bond motifs is 9. The van der Waals surface area contributed by atoms with Crippen LogP contribution in [0.15, 0.2) is 133 Å². The molecule has 0 amide bonds. The van der Waals surface area contributed by atoms with Gasteiger partial charge in [-0.15, -0.1) is 46.2 Å². The van der Waals surface area contributed by atoms with Crippen LogP contribution >= 0.6 is 0 Å². The monoisotopic (exact) mass is 1070 g/mol. The Bertz CT molecular complexity index is 2930. The summed E-state index contributed by atoms with van der Waals surface area (Å²) in [4.78, 5) is 0. The Morgan fingerprint density at radius 1 is 0.500 bits per heavy atom. The standard InChI is InChI=1S/C55H57.C9H18.C5H5.2ClH.Zr/c1-52(2,3)44-25-17-23-38-48(34-19-13-15-21-36(34)50(38)44)42-28-32-27-33-29-43(47(55(10,11)12)31-41(33)40(32)30-46(42)54(7,8)9)49-35-20-14-16-22-37(35)51-39(49)24-18-26-45(51)53(4,5)6;1-8(2)6-5-7-9(3)4;1-2-4-5-3-1;;;/h13-31,48-49H,1-12H3;8-9H,6-7H2,1-4H3;1-3H,4H2;2*1H;/q-1;;-1;;;+2/p-2. The zero-order chi connectivity index (χ0) is 50.7. The van der Waals surface area contributed by atoms with Gasteiger partial charge < -0.3 is 24.8 Å². The normalized spacial score (nSPS) is 15.6. The summed E-state index contributed by atoms with van der Waals surface area (Å²) in [6.07, 6.45) is 12.7. The fourth-order valence-corrected chi connectivity index (χ4v) is 13.8. The molecule has 72 heavy (non-hydrogen) atoms. The fourth-order valence-electron chi connectivity index (χ4n) is 11.8. The van der Waals surface area contributed by atoms with Gasteiger partial charge in [0.05, 0.1) is 0 Å². The third-order valence-corrected chi connectivity index (χ3v) is 15.7. The fraction of sp³-hybridized carbons (Fsp3) is 0.391. The van der Waals surface area contributed by atoms with E-state index >= 15 is 0 Å². The number of benzene rings is 6. The molecular weight excluding hydrogens is 991 g/mol. The number of halogens is 2. The average Bonchev–Trinajstić information content (AvgIpc) is 4.08. The van der Waals surface area contributed by atoms with Crippen molar-refractivity contribution in [2.75, 3.05) is 0 Å². The maximum absolute atomic E-state index is 2.99. The first kappa shape index (κ1) is 57.3. The summed E-state index contributed by atoms with van der Waals surface area (Å²) in [5.74, 6) is 2.09. The van der Waals surface area contributed by atoms with Gasteiger partial charge >= 0.3 is 79.8 Å². The van der Waals surface area contributed by atoms with Gasteiger partial charge in [0.25, 0.3) is 0 Å². The van der Waals surface area contributed by atoms with Crippen LogP contribution in [0.25, 0.3) is 43.8 Å². The van der Waals surface area contributed by atoms with Gasteiger partial charge in [0, 0.05) is 11.8 Å². The van der Waals surface area contributed by atoms with Crippen molar-refractivity contribution in [2.24, 2.45) is 11.8 Å². The average molecular weight is 1070 g/mol. The van der Waals surface area contributed by atoms with Crippen LogP contribution < -0.4 is 24.8 Å². The van der Waals surface area contributed by atoms with Gasteiger partial charge in [-0.2, -0.15) is 6.08 Å². The van der Waals surface area contributed by atoms with Crippen molar-refractivity contribution < 1.29 is 49.0 Å². The summed E-state index contributed by atoms with van der Waals surface area (Å²) in [5.41, 5.74) is 20.1. The summed E-state index contributed by atoms with van der Waals surface area (Å²) < 4.78 is 1.75. The predicted molar refractivity (Wildman–Crippen MR) is 303 cm³/mol. The summed E-state index contributed by atoms with van der Waals surface area (Å²) in [6, 6.07) is 45.3. The first-order valence-electron chi connectivity index (χ1n) is 26.3. The van der Waals surface area contributed by atoms with Gasteiger partial charge in [0.15, 0.2) is 0 Å². The molecule has 0 saturated carbocycles. The molecule has 3 aliphatic rings. The van der Waals surface area contributed by atoms with Crippen molar-refractivity contribution in [3.63, 3.8) is 0 Å². The Balaban J connectivity index is 0.000000432. The van der Waals surface area contributed by atoms with Gasteiger partial charge in [0.1, 0.15) is 0 Å². The summed E-state index contributed by atoms with van der Waals surface area (Å²) in [5, 5.41) is 5.43. The van der Waals surface area contributed by atoms with E-state index in [1.54, 1.807) is 27.4 Å². The van der Waals surface area contributed by atoms with Crippen molar-refractivity contribution in [3.05, 3.63) is 195 Å². The number of rotatable bonds is 6. The minimum atomic E-state index is -0.0404. The topological polar surface area (TPSA) is 0 Å². The maximum Gasteiger partial charge on any atom is -0.109 e. The van der Waals surface area contributed by atoms with E-state index in [9.17, 15) is 0 Å². The molecule has 0 fully saturated rings. The van der Waals surface area contributed by atoms with Crippen LogP contribution in [0, 0.1) is 17.9 Å². The van der Waals surface area contributed by atoms with E-state index in [0.717, 1.165) is 18.3 Å². The van der Waals surface area contributed by atoms with Crippen LogP contribution in [0.5, 0.6) is 0 Å². The molecule has 2 atom stereocenters. The second-order valence-corrected chi connectivity index (χ2v) is 27.3. The van der Waals surface area contributed by atoms with E-state index in [1.165, 1.54) is 112 Å². The van der Waals surface area contributed by atoms with E-state index in [4.69, 9.17) is 0 Å². The molecule has 7 aromatic rings. The van der Waals surface area contributed by atoms with Crippen molar-refractivity contribution in [3.8, 4) is 22.3 Å². The molecule has 0 nitrogen and oxygen atoms in total. The molecule has 0 aliphatic heterocycles. The second kappa shape index (κ2) is 22.1.